The largest absolute Gasteiger partial charge is 0.480 e. The number of aliphatic hydroxyl groups excluding tert-OH is 1. The Labute approximate surface area is 84.7 Å². The fourth-order valence-electron chi connectivity index (χ4n) is 0.934. The Balaban J connectivity index is 2.67. The van der Waals surface area contributed by atoms with Crippen LogP contribution in [0.3, 0.4) is 0 Å². The molecule has 0 saturated carbocycles. The molecule has 2 atom stereocenters. The zero-order valence-electron chi connectivity index (χ0n) is 7.88. The Bertz CT molecular complexity index is 346. The summed E-state index contributed by atoms with van der Waals surface area (Å²) < 4.78 is 4.52. The van der Waals surface area contributed by atoms with Crippen LogP contribution in [0.15, 0.2) is 16.8 Å². The summed E-state index contributed by atoms with van der Waals surface area (Å²) in [5, 5.41) is 23.1. The van der Waals surface area contributed by atoms with Crippen molar-refractivity contribution < 1.29 is 24.3 Å². The molecule has 3 N–H and O–H groups in total. The van der Waals surface area contributed by atoms with Gasteiger partial charge < -0.3 is 20.1 Å². The average molecular weight is 214 g/mol. The molecule has 0 aliphatic carbocycles. The highest BCUT2D eigenvalue weighted by atomic mass is 16.5. The first-order valence-electron chi connectivity index (χ1n) is 4.14. The van der Waals surface area contributed by atoms with E-state index in [0.29, 0.717) is 0 Å². The molecule has 82 valence electrons. The Kier molecular flexibility index (Phi) is 3.40. The Morgan fingerprint density at radius 3 is 2.67 bits per heavy atom. The minimum atomic E-state index is -1.37. The van der Waals surface area contributed by atoms with Crippen LogP contribution < -0.4 is 5.32 Å². The van der Waals surface area contributed by atoms with Crippen LogP contribution in [0.25, 0.3) is 0 Å². The van der Waals surface area contributed by atoms with Crippen molar-refractivity contribution in [2.24, 2.45) is 0 Å². The third kappa shape index (κ3) is 2.78. The van der Waals surface area contributed by atoms with Crippen LogP contribution in [0, 0.1) is 0 Å². The highest BCUT2D eigenvalue weighted by Gasteiger charge is 2.26. The van der Waals surface area contributed by atoms with Crippen molar-refractivity contribution in [3.05, 3.63) is 18.0 Å². The maximum atomic E-state index is 11.3. The van der Waals surface area contributed by atoms with Gasteiger partial charge in [-0.05, 0) is 6.92 Å². The monoisotopic (exact) mass is 214 g/mol. The zero-order chi connectivity index (χ0) is 11.4. The molecule has 1 aromatic heterocycles. The van der Waals surface area contributed by atoms with Gasteiger partial charge in [-0.15, -0.1) is 0 Å². The van der Waals surface area contributed by atoms with Crippen LogP contribution in [-0.2, 0) is 4.79 Å². The van der Waals surface area contributed by atoms with E-state index in [1.54, 1.807) is 0 Å². The lowest BCUT2D eigenvalue weighted by Gasteiger charge is -2.15. The van der Waals surface area contributed by atoms with Crippen LogP contribution >= 0.6 is 0 Å². The predicted octanol–water partition coefficient (Wildman–Crippen LogP) is -0.762. The second-order valence-electron chi connectivity index (χ2n) is 2.91. The van der Waals surface area contributed by atoms with Crippen molar-refractivity contribution in [1.82, 2.24) is 10.5 Å². The second-order valence-corrected chi connectivity index (χ2v) is 2.91. The molecule has 0 bridgehead atoms. The minimum absolute atomic E-state index is 0.109. The highest BCUT2D eigenvalue weighted by molar-refractivity contribution is 5.94. The molecule has 1 heterocycles. The Hall–Kier alpha value is -1.89. The van der Waals surface area contributed by atoms with E-state index < -0.39 is 24.0 Å². The van der Waals surface area contributed by atoms with Crippen LogP contribution in [-0.4, -0.2) is 39.4 Å². The number of aliphatic carboxylic acids is 1. The number of hydrogen-bond acceptors (Lipinski definition) is 5. The number of amides is 1. The Morgan fingerprint density at radius 1 is 1.60 bits per heavy atom. The third-order valence-electron chi connectivity index (χ3n) is 1.70. The third-order valence-corrected chi connectivity index (χ3v) is 1.70. The van der Waals surface area contributed by atoms with Gasteiger partial charge in [0.05, 0.1) is 12.3 Å². The van der Waals surface area contributed by atoms with Crippen molar-refractivity contribution in [1.29, 1.82) is 0 Å². The van der Waals surface area contributed by atoms with Gasteiger partial charge in [-0.25, -0.2) is 4.79 Å². The number of aliphatic hydroxyl groups is 1. The number of aromatic nitrogens is 1. The summed E-state index contributed by atoms with van der Waals surface area (Å²) in [5.74, 6) is -2.17. The maximum Gasteiger partial charge on any atom is 0.328 e. The van der Waals surface area contributed by atoms with E-state index in [-0.39, 0.29) is 5.76 Å². The fraction of sp³-hybridized carbons (Fsp3) is 0.375. The summed E-state index contributed by atoms with van der Waals surface area (Å²) in [5.41, 5.74) is 0. The molecule has 15 heavy (non-hydrogen) atoms. The molecular formula is C8H10N2O5. The van der Waals surface area contributed by atoms with Crippen molar-refractivity contribution in [3.8, 4) is 0 Å². The normalized spacial score (nSPS) is 14.3. The summed E-state index contributed by atoms with van der Waals surface area (Å²) in [4.78, 5) is 21.9. The molecular weight excluding hydrogens is 204 g/mol. The zero-order valence-corrected chi connectivity index (χ0v) is 7.88. The standard InChI is InChI=1S/C8H10N2O5/c1-4(11)6(8(13)14)10-7(12)5-2-3-9-15-5/h2-4,6,11H,1H3,(H,10,12)(H,13,14). The highest BCUT2D eigenvalue weighted by Crippen LogP contribution is 1.99. The van der Waals surface area contributed by atoms with E-state index in [2.05, 4.69) is 15.0 Å². The number of carboxylic acid groups (broad SMARTS) is 1. The van der Waals surface area contributed by atoms with Gasteiger partial charge in [0.1, 0.15) is 0 Å². The second kappa shape index (κ2) is 4.56. The van der Waals surface area contributed by atoms with Gasteiger partial charge in [-0.3, -0.25) is 4.79 Å². The molecule has 1 amide bonds. The van der Waals surface area contributed by atoms with Crippen LogP contribution in [0.1, 0.15) is 17.5 Å². The van der Waals surface area contributed by atoms with Crippen molar-refractivity contribution in [2.75, 3.05) is 0 Å². The van der Waals surface area contributed by atoms with Crippen LogP contribution in [0.2, 0.25) is 0 Å². The summed E-state index contributed by atoms with van der Waals surface area (Å²) in [6, 6.07) is -0.0846. The van der Waals surface area contributed by atoms with Gasteiger partial charge in [0.2, 0.25) is 5.76 Å². The molecule has 0 spiro atoms. The molecule has 0 radical (unpaired) electrons. The van der Waals surface area contributed by atoms with Crippen molar-refractivity contribution in [3.63, 3.8) is 0 Å². The Morgan fingerprint density at radius 2 is 2.27 bits per heavy atom. The van der Waals surface area contributed by atoms with Crippen molar-refractivity contribution >= 4 is 11.9 Å². The molecule has 0 aromatic carbocycles. The van der Waals surface area contributed by atoms with Gasteiger partial charge in [0.15, 0.2) is 6.04 Å². The molecule has 0 saturated heterocycles. The SMILES string of the molecule is CC(O)C(NC(=O)c1ccno1)C(=O)O. The summed E-state index contributed by atoms with van der Waals surface area (Å²) in [7, 11) is 0. The molecule has 0 fully saturated rings. The molecule has 0 aliphatic rings. The summed E-state index contributed by atoms with van der Waals surface area (Å²) in [6.45, 7) is 1.26. The van der Waals surface area contributed by atoms with Crippen molar-refractivity contribution in [2.45, 2.75) is 19.1 Å². The lowest BCUT2D eigenvalue weighted by molar-refractivity contribution is -0.141. The lowest BCUT2D eigenvalue weighted by atomic mass is 10.2. The predicted molar refractivity (Wildman–Crippen MR) is 47.1 cm³/mol. The first-order chi connectivity index (χ1) is 7.02. The fourth-order valence-corrected chi connectivity index (χ4v) is 0.934. The molecule has 0 aliphatic heterocycles. The average Bonchev–Trinajstić information content (AvgIpc) is 2.65. The number of nitrogens with zero attached hydrogens (tertiary/aromatic N) is 1. The molecule has 2 unspecified atom stereocenters. The number of carbonyl (C=O) groups is 2. The van der Waals surface area contributed by atoms with E-state index in [4.69, 9.17) is 10.2 Å². The van der Waals surface area contributed by atoms with E-state index in [1.807, 2.05) is 0 Å². The minimum Gasteiger partial charge on any atom is -0.480 e. The summed E-state index contributed by atoms with van der Waals surface area (Å²) in [6.07, 6.45) is 0.0573. The number of nitrogens with one attached hydrogen (secondary N) is 1. The smallest absolute Gasteiger partial charge is 0.328 e. The lowest BCUT2D eigenvalue weighted by Crippen LogP contribution is -2.47. The van der Waals surface area contributed by atoms with E-state index in [1.165, 1.54) is 19.2 Å². The van der Waals surface area contributed by atoms with Gasteiger partial charge in [0, 0.05) is 6.07 Å². The number of carboxylic acids is 1. The molecule has 1 aromatic rings. The first kappa shape index (κ1) is 11.2. The van der Waals surface area contributed by atoms with Gasteiger partial charge in [0.25, 0.3) is 5.91 Å². The number of hydrogen-bond donors (Lipinski definition) is 3. The van der Waals surface area contributed by atoms with Gasteiger partial charge >= 0.3 is 5.97 Å². The molecule has 7 heteroatoms. The van der Waals surface area contributed by atoms with Crippen LogP contribution in [0.5, 0.6) is 0 Å². The number of rotatable bonds is 4. The maximum absolute atomic E-state index is 11.3. The van der Waals surface area contributed by atoms with E-state index in [9.17, 15) is 9.59 Å². The summed E-state index contributed by atoms with van der Waals surface area (Å²) >= 11 is 0. The first-order valence-corrected chi connectivity index (χ1v) is 4.14. The quantitative estimate of drug-likeness (QED) is 0.607. The van der Waals surface area contributed by atoms with Crippen LogP contribution in [0.4, 0.5) is 0 Å². The number of carbonyl (C=O) groups excluding carboxylic acids is 1. The van der Waals surface area contributed by atoms with Gasteiger partial charge in [-0.2, -0.15) is 0 Å². The van der Waals surface area contributed by atoms with E-state index >= 15 is 0 Å². The van der Waals surface area contributed by atoms with Gasteiger partial charge in [-0.1, -0.05) is 5.16 Å². The van der Waals surface area contributed by atoms with E-state index in [0.717, 1.165) is 0 Å². The molecule has 7 nitrogen and oxygen atoms in total. The molecule has 1 rings (SSSR count). The topological polar surface area (TPSA) is 113 Å².